The van der Waals surface area contributed by atoms with Crippen molar-refractivity contribution < 1.29 is 4.74 Å². The number of hydrogen-bond acceptors (Lipinski definition) is 4. The summed E-state index contributed by atoms with van der Waals surface area (Å²) in [5.74, 6) is 0.799. The van der Waals surface area contributed by atoms with Crippen LogP contribution in [0, 0.1) is 0 Å². The first kappa shape index (κ1) is 15.3. The summed E-state index contributed by atoms with van der Waals surface area (Å²) in [6.45, 7) is 6.28. The molecule has 0 amide bonds. The zero-order valence-electron chi connectivity index (χ0n) is 10.9. The largest absolute Gasteiger partial charge is 0.497 e. The summed E-state index contributed by atoms with van der Waals surface area (Å²) < 4.78 is 5.10. The fraction of sp³-hybridized carbons (Fsp3) is 0.385. The normalized spacial score (nSPS) is 12.9. The predicted molar refractivity (Wildman–Crippen MR) is 72.8 cm³/mol. The highest BCUT2D eigenvalue weighted by Crippen LogP contribution is 2.08. The molecule has 17 heavy (non-hydrogen) atoms. The minimum absolute atomic E-state index is 0.440. The Bertz CT molecular complexity index is 330. The van der Waals surface area contributed by atoms with Gasteiger partial charge in [0.05, 0.1) is 13.8 Å². The summed E-state index contributed by atoms with van der Waals surface area (Å²) >= 11 is 0. The van der Waals surface area contributed by atoms with Crippen molar-refractivity contribution in [1.82, 2.24) is 4.90 Å². The molecule has 0 bridgehead atoms. The van der Waals surface area contributed by atoms with Gasteiger partial charge in [-0.2, -0.15) is 0 Å². The Hall–Kier alpha value is -1.68. The van der Waals surface area contributed by atoms with Crippen LogP contribution in [0.25, 0.3) is 0 Å². The number of allylic oxidation sites excluding steroid dienone is 4. The molecule has 96 valence electrons. The molecular weight excluding hydrogens is 214 g/mol. The van der Waals surface area contributed by atoms with Crippen LogP contribution < -0.4 is 11.5 Å². The Morgan fingerprint density at radius 2 is 2.06 bits per heavy atom. The van der Waals surface area contributed by atoms with Crippen molar-refractivity contribution in [2.75, 3.05) is 20.8 Å². The van der Waals surface area contributed by atoms with Gasteiger partial charge in [-0.25, -0.2) is 0 Å². The molecule has 0 saturated carbocycles. The van der Waals surface area contributed by atoms with Gasteiger partial charge in [-0.1, -0.05) is 12.7 Å². The molecular formula is C13H23N3O. The minimum atomic E-state index is 0.440. The van der Waals surface area contributed by atoms with E-state index in [1.54, 1.807) is 7.11 Å². The average molecular weight is 237 g/mol. The van der Waals surface area contributed by atoms with E-state index >= 15 is 0 Å². The van der Waals surface area contributed by atoms with Crippen LogP contribution in [0.3, 0.4) is 0 Å². The molecule has 0 aromatic heterocycles. The standard InChI is InChI=1S/C13H23N3O/c1-5-13(17-4)7-6-11(2)8-12(15)9-16(3)10-14/h5-7,9H,2,8,10,14-15H2,1,3-4H3/b7-6-,12-9-,13-5+. The highest BCUT2D eigenvalue weighted by molar-refractivity contribution is 5.26. The SMILES string of the molecule is C=C(/C=C\C(=C/C)OC)C/C(N)=C/N(C)CN. The molecule has 0 aliphatic rings. The lowest BCUT2D eigenvalue weighted by Crippen LogP contribution is -2.21. The summed E-state index contributed by atoms with van der Waals surface area (Å²) in [6.07, 6.45) is 8.06. The topological polar surface area (TPSA) is 64.5 Å². The maximum Gasteiger partial charge on any atom is 0.114 e. The fourth-order valence-corrected chi connectivity index (χ4v) is 1.18. The van der Waals surface area contributed by atoms with Gasteiger partial charge in [-0.05, 0) is 24.6 Å². The number of ether oxygens (including phenoxy) is 1. The molecule has 0 atom stereocenters. The second-order valence-corrected chi connectivity index (χ2v) is 3.71. The summed E-state index contributed by atoms with van der Waals surface area (Å²) in [4.78, 5) is 1.82. The molecule has 0 aromatic rings. The van der Waals surface area contributed by atoms with Crippen LogP contribution in [0.5, 0.6) is 0 Å². The highest BCUT2D eigenvalue weighted by atomic mass is 16.5. The van der Waals surface area contributed by atoms with E-state index in [0.717, 1.165) is 17.0 Å². The second-order valence-electron chi connectivity index (χ2n) is 3.71. The van der Waals surface area contributed by atoms with Gasteiger partial charge in [-0.3, -0.25) is 0 Å². The fourth-order valence-electron chi connectivity index (χ4n) is 1.18. The first-order valence-electron chi connectivity index (χ1n) is 5.46. The zero-order valence-corrected chi connectivity index (χ0v) is 10.9. The Morgan fingerprint density at radius 3 is 2.53 bits per heavy atom. The van der Waals surface area contributed by atoms with Crippen LogP contribution in [0.1, 0.15) is 13.3 Å². The Balaban J connectivity index is 4.32. The molecule has 0 rings (SSSR count). The lowest BCUT2D eigenvalue weighted by Gasteiger charge is -2.12. The Morgan fingerprint density at radius 1 is 1.41 bits per heavy atom. The van der Waals surface area contributed by atoms with Crippen LogP contribution >= 0.6 is 0 Å². The molecule has 0 aliphatic carbocycles. The Labute approximate surface area is 104 Å². The number of methoxy groups -OCH3 is 1. The molecule has 0 unspecified atom stereocenters. The average Bonchev–Trinajstić information content (AvgIpc) is 2.29. The van der Waals surface area contributed by atoms with E-state index in [-0.39, 0.29) is 0 Å². The molecule has 0 heterocycles. The molecule has 0 aliphatic heterocycles. The monoisotopic (exact) mass is 237 g/mol. The first-order valence-corrected chi connectivity index (χ1v) is 5.46. The molecule has 4 heteroatoms. The van der Waals surface area contributed by atoms with Gasteiger partial charge >= 0.3 is 0 Å². The minimum Gasteiger partial charge on any atom is -0.497 e. The van der Waals surface area contributed by atoms with E-state index < -0.39 is 0 Å². The maximum absolute atomic E-state index is 5.85. The number of nitrogens with two attached hydrogens (primary N) is 2. The molecule has 0 radical (unpaired) electrons. The van der Waals surface area contributed by atoms with E-state index in [4.69, 9.17) is 16.2 Å². The van der Waals surface area contributed by atoms with Gasteiger partial charge in [0.25, 0.3) is 0 Å². The van der Waals surface area contributed by atoms with Gasteiger partial charge in [-0.15, -0.1) is 0 Å². The molecule has 0 spiro atoms. The van der Waals surface area contributed by atoms with E-state index in [1.165, 1.54) is 0 Å². The van der Waals surface area contributed by atoms with Gasteiger partial charge < -0.3 is 21.1 Å². The van der Waals surface area contributed by atoms with E-state index in [2.05, 4.69) is 6.58 Å². The summed E-state index contributed by atoms with van der Waals surface area (Å²) in [5, 5.41) is 0. The van der Waals surface area contributed by atoms with E-state index in [9.17, 15) is 0 Å². The predicted octanol–water partition coefficient (Wildman–Crippen LogP) is 1.69. The maximum atomic E-state index is 5.85. The molecule has 0 aromatic carbocycles. The lowest BCUT2D eigenvalue weighted by molar-refractivity contribution is 0.306. The van der Waals surface area contributed by atoms with Gasteiger partial charge in [0, 0.05) is 25.4 Å². The van der Waals surface area contributed by atoms with E-state index in [0.29, 0.717) is 13.1 Å². The molecule has 0 fully saturated rings. The van der Waals surface area contributed by atoms with Gasteiger partial charge in [0.2, 0.25) is 0 Å². The summed E-state index contributed by atoms with van der Waals surface area (Å²) in [7, 11) is 3.50. The molecule has 0 saturated heterocycles. The third kappa shape index (κ3) is 7.25. The third-order valence-electron chi connectivity index (χ3n) is 2.11. The van der Waals surface area contributed by atoms with Crippen molar-refractivity contribution in [3.63, 3.8) is 0 Å². The van der Waals surface area contributed by atoms with Gasteiger partial charge in [0.1, 0.15) is 5.76 Å². The quantitative estimate of drug-likeness (QED) is 0.402. The van der Waals surface area contributed by atoms with Crippen molar-refractivity contribution in [3.8, 4) is 0 Å². The van der Waals surface area contributed by atoms with Crippen LogP contribution in [-0.4, -0.2) is 25.7 Å². The molecule has 4 N–H and O–H groups in total. The number of hydrogen-bond donors (Lipinski definition) is 2. The van der Waals surface area contributed by atoms with Crippen LogP contribution in [0.2, 0.25) is 0 Å². The van der Waals surface area contributed by atoms with Crippen molar-refractivity contribution in [1.29, 1.82) is 0 Å². The second kappa shape index (κ2) is 8.47. The van der Waals surface area contributed by atoms with E-state index in [1.807, 2.05) is 43.3 Å². The van der Waals surface area contributed by atoms with Crippen molar-refractivity contribution in [2.24, 2.45) is 11.5 Å². The lowest BCUT2D eigenvalue weighted by atomic mass is 10.1. The van der Waals surface area contributed by atoms with Crippen LogP contribution in [0.4, 0.5) is 0 Å². The number of rotatable bonds is 7. The highest BCUT2D eigenvalue weighted by Gasteiger charge is 1.96. The molecule has 4 nitrogen and oxygen atoms in total. The van der Waals surface area contributed by atoms with Gasteiger partial charge in [0.15, 0.2) is 0 Å². The smallest absolute Gasteiger partial charge is 0.114 e. The zero-order chi connectivity index (χ0) is 13.3. The Kier molecular flexibility index (Phi) is 7.63. The number of nitrogens with zero attached hydrogens (tertiary/aromatic N) is 1. The van der Waals surface area contributed by atoms with Crippen molar-refractivity contribution in [2.45, 2.75) is 13.3 Å². The van der Waals surface area contributed by atoms with Crippen molar-refractivity contribution >= 4 is 0 Å². The summed E-state index contributed by atoms with van der Waals surface area (Å²) in [5.41, 5.74) is 12.9. The third-order valence-corrected chi connectivity index (χ3v) is 2.11. The van der Waals surface area contributed by atoms with Crippen LogP contribution in [0.15, 0.2) is 48.0 Å². The van der Waals surface area contributed by atoms with Crippen molar-refractivity contribution in [3.05, 3.63) is 48.0 Å². The summed E-state index contributed by atoms with van der Waals surface area (Å²) in [6, 6.07) is 0. The van der Waals surface area contributed by atoms with Crippen LogP contribution in [-0.2, 0) is 4.74 Å². The first-order chi connectivity index (χ1) is 8.03.